The highest BCUT2D eigenvalue weighted by molar-refractivity contribution is 5.95. The molecule has 4 aliphatic carbocycles. The fourth-order valence-electron chi connectivity index (χ4n) is 7.73. The van der Waals surface area contributed by atoms with Crippen LogP contribution in [0.1, 0.15) is 61.4 Å². The minimum atomic E-state index is -0.904. The van der Waals surface area contributed by atoms with Crippen LogP contribution in [0, 0.1) is 17.3 Å². The highest BCUT2D eigenvalue weighted by atomic mass is 16.4. The Morgan fingerprint density at radius 1 is 0.871 bits per heavy atom. The van der Waals surface area contributed by atoms with Gasteiger partial charge < -0.3 is 10.2 Å². The van der Waals surface area contributed by atoms with Gasteiger partial charge in [0.15, 0.2) is 0 Å². The second kappa shape index (κ2) is 6.35. The molecule has 3 aromatic carbocycles. The molecule has 0 aliphatic heterocycles. The third-order valence-corrected chi connectivity index (χ3v) is 8.34. The number of aromatic carboxylic acids is 1. The van der Waals surface area contributed by atoms with Gasteiger partial charge in [0.25, 0.3) is 0 Å². The zero-order valence-electron chi connectivity index (χ0n) is 17.9. The van der Waals surface area contributed by atoms with Crippen LogP contribution in [-0.4, -0.2) is 16.2 Å². The molecule has 3 nitrogen and oxygen atoms in total. The number of hydrogen-bond acceptors (Lipinski definition) is 2. The minimum Gasteiger partial charge on any atom is -0.508 e. The molecule has 0 heterocycles. The fraction of sp³-hybridized carbons (Fsp3) is 0.393. The van der Waals surface area contributed by atoms with Crippen molar-refractivity contribution in [3.8, 4) is 16.9 Å². The van der Waals surface area contributed by atoms with E-state index < -0.39 is 5.97 Å². The quantitative estimate of drug-likeness (QED) is 0.499. The minimum absolute atomic E-state index is 0.117. The molecule has 2 atom stereocenters. The van der Waals surface area contributed by atoms with Gasteiger partial charge in [-0.25, -0.2) is 4.79 Å². The van der Waals surface area contributed by atoms with E-state index >= 15 is 0 Å². The van der Waals surface area contributed by atoms with Gasteiger partial charge in [-0.05, 0) is 108 Å². The lowest BCUT2D eigenvalue weighted by atomic mass is 9.43. The standard InChI is InChI=1S/C28H28O3/c1-27-12-17-8-18(13-27)15-28(14-17,16-27)24-11-22(6-7-25(24)29)20-2-3-21-10-23(26(30)31)5-4-19(21)9-20/h2-7,9-11,17-18,29H,8,12-16H2,1H3,(H,30,31). The third kappa shape index (κ3) is 2.97. The summed E-state index contributed by atoms with van der Waals surface area (Å²) in [6.45, 7) is 2.47. The maximum Gasteiger partial charge on any atom is 0.335 e. The SMILES string of the molecule is CC12CC3CC(C1)CC(c1cc(-c4ccc5cc(C(=O)O)ccc5c4)ccc1O)(C3)C2. The topological polar surface area (TPSA) is 57.5 Å². The molecule has 4 aliphatic rings. The lowest BCUT2D eigenvalue weighted by Crippen LogP contribution is -2.52. The molecule has 0 aromatic heterocycles. The molecule has 7 rings (SSSR count). The molecule has 2 unspecified atom stereocenters. The number of phenolic OH excluding ortho intramolecular Hbond substituents is 1. The van der Waals surface area contributed by atoms with E-state index in [-0.39, 0.29) is 5.41 Å². The first-order valence-electron chi connectivity index (χ1n) is 11.4. The highest BCUT2D eigenvalue weighted by Crippen LogP contribution is 2.66. The normalized spacial score (nSPS) is 31.3. The molecule has 4 fully saturated rings. The molecule has 3 aromatic rings. The number of carboxylic acids is 1. The molecule has 0 amide bonds. The molecular formula is C28H28O3. The first-order chi connectivity index (χ1) is 14.8. The smallest absolute Gasteiger partial charge is 0.335 e. The summed E-state index contributed by atoms with van der Waals surface area (Å²) >= 11 is 0. The molecule has 4 bridgehead atoms. The van der Waals surface area contributed by atoms with Gasteiger partial charge in [0.1, 0.15) is 5.75 Å². The Kier molecular flexibility index (Phi) is 3.88. The maximum atomic E-state index is 11.3. The van der Waals surface area contributed by atoms with E-state index in [4.69, 9.17) is 0 Å². The van der Waals surface area contributed by atoms with Gasteiger partial charge in [0.05, 0.1) is 5.56 Å². The largest absolute Gasteiger partial charge is 0.508 e. The van der Waals surface area contributed by atoms with Gasteiger partial charge in [0, 0.05) is 11.0 Å². The number of carbonyl (C=O) groups is 1. The Bertz CT molecular complexity index is 1210. The van der Waals surface area contributed by atoms with Crippen molar-refractivity contribution in [3.05, 3.63) is 65.7 Å². The maximum absolute atomic E-state index is 11.3. The fourth-order valence-corrected chi connectivity index (χ4v) is 7.73. The van der Waals surface area contributed by atoms with Crippen molar-refractivity contribution in [3.63, 3.8) is 0 Å². The van der Waals surface area contributed by atoms with Gasteiger partial charge in [0.2, 0.25) is 0 Å². The second-order valence-electron chi connectivity index (χ2n) is 10.9. The van der Waals surface area contributed by atoms with Crippen LogP contribution >= 0.6 is 0 Å². The average Bonchev–Trinajstić information content (AvgIpc) is 2.71. The summed E-state index contributed by atoms with van der Waals surface area (Å²) in [5.74, 6) is 1.15. The van der Waals surface area contributed by atoms with Crippen LogP contribution in [0.3, 0.4) is 0 Å². The van der Waals surface area contributed by atoms with Crippen molar-refractivity contribution in [2.45, 2.75) is 50.9 Å². The summed E-state index contributed by atoms with van der Waals surface area (Å²) in [5, 5.41) is 22.1. The lowest BCUT2D eigenvalue weighted by molar-refractivity contribution is -0.0621. The molecular weight excluding hydrogens is 384 g/mol. The lowest BCUT2D eigenvalue weighted by Gasteiger charge is -2.61. The summed E-state index contributed by atoms with van der Waals surface area (Å²) < 4.78 is 0. The molecule has 0 radical (unpaired) electrons. The van der Waals surface area contributed by atoms with Gasteiger partial charge in [-0.1, -0.05) is 31.2 Å². The zero-order valence-corrected chi connectivity index (χ0v) is 17.9. The van der Waals surface area contributed by atoms with Gasteiger partial charge >= 0.3 is 5.97 Å². The molecule has 4 saturated carbocycles. The summed E-state index contributed by atoms with van der Waals surface area (Å²) in [5.41, 5.74) is 4.23. The highest BCUT2D eigenvalue weighted by Gasteiger charge is 2.56. The van der Waals surface area contributed by atoms with Crippen LogP contribution in [0.2, 0.25) is 0 Å². The van der Waals surface area contributed by atoms with Crippen molar-refractivity contribution in [1.29, 1.82) is 0 Å². The van der Waals surface area contributed by atoms with E-state index in [1.54, 1.807) is 12.1 Å². The summed E-state index contributed by atoms with van der Waals surface area (Å²) in [4.78, 5) is 11.3. The predicted molar refractivity (Wildman–Crippen MR) is 122 cm³/mol. The molecule has 0 saturated heterocycles. The molecule has 2 N–H and O–H groups in total. The molecule has 0 spiro atoms. The Morgan fingerprint density at radius 2 is 1.52 bits per heavy atom. The number of rotatable bonds is 3. The Morgan fingerprint density at radius 3 is 2.23 bits per heavy atom. The number of benzene rings is 3. The summed E-state index contributed by atoms with van der Waals surface area (Å²) in [6, 6.07) is 17.6. The third-order valence-electron chi connectivity index (χ3n) is 8.34. The van der Waals surface area contributed by atoms with Crippen LogP contribution in [0.15, 0.2) is 54.6 Å². The van der Waals surface area contributed by atoms with Crippen molar-refractivity contribution in [2.24, 2.45) is 17.3 Å². The Labute approximate surface area is 182 Å². The van der Waals surface area contributed by atoms with Crippen molar-refractivity contribution in [1.82, 2.24) is 0 Å². The number of fused-ring (bicyclic) bond motifs is 1. The second-order valence-corrected chi connectivity index (χ2v) is 10.9. The first kappa shape index (κ1) is 18.9. The van der Waals surface area contributed by atoms with Crippen molar-refractivity contribution in [2.75, 3.05) is 0 Å². The average molecular weight is 413 g/mol. The summed E-state index contributed by atoms with van der Waals surface area (Å²) in [7, 11) is 0. The van der Waals surface area contributed by atoms with E-state index in [2.05, 4.69) is 25.1 Å². The van der Waals surface area contributed by atoms with Crippen LogP contribution in [-0.2, 0) is 5.41 Å². The van der Waals surface area contributed by atoms with E-state index in [0.29, 0.717) is 16.7 Å². The first-order valence-corrected chi connectivity index (χ1v) is 11.4. The van der Waals surface area contributed by atoms with Gasteiger partial charge in [-0.2, -0.15) is 0 Å². The molecule has 158 valence electrons. The number of carboxylic acid groups (broad SMARTS) is 1. The van der Waals surface area contributed by atoms with E-state index in [9.17, 15) is 15.0 Å². The zero-order chi connectivity index (χ0) is 21.4. The van der Waals surface area contributed by atoms with Crippen LogP contribution in [0.4, 0.5) is 0 Å². The van der Waals surface area contributed by atoms with Crippen LogP contribution in [0.5, 0.6) is 5.75 Å². The van der Waals surface area contributed by atoms with Gasteiger partial charge in [-0.3, -0.25) is 0 Å². The number of hydrogen-bond donors (Lipinski definition) is 2. The number of aromatic hydroxyl groups is 1. The van der Waals surface area contributed by atoms with Crippen molar-refractivity contribution >= 4 is 16.7 Å². The Hall–Kier alpha value is -2.81. The molecule has 3 heteroatoms. The van der Waals surface area contributed by atoms with E-state index in [0.717, 1.165) is 39.3 Å². The van der Waals surface area contributed by atoms with E-state index in [1.165, 1.54) is 38.5 Å². The van der Waals surface area contributed by atoms with Crippen LogP contribution in [0.25, 0.3) is 21.9 Å². The predicted octanol–water partition coefficient (Wildman–Crippen LogP) is 6.77. The van der Waals surface area contributed by atoms with Gasteiger partial charge in [-0.15, -0.1) is 0 Å². The van der Waals surface area contributed by atoms with Crippen molar-refractivity contribution < 1.29 is 15.0 Å². The Balaban J connectivity index is 1.42. The monoisotopic (exact) mass is 412 g/mol. The number of phenols is 1. The summed E-state index contributed by atoms with van der Waals surface area (Å²) in [6.07, 6.45) is 7.71. The molecule has 31 heavy (non-hydrogen) atoms. The van der Waals surface area contributed by atoms with E-state index in [1.807, 2.05) is 24.3 Å². The van der Waals surface area contributed by atoms with Crippen LogP contribution < -0.4 is 0 Å².